The SMILES string of the molecule is CCCCCCCCCCCCCCCCCCC(=O)O[C@H](COC(=O)CCCCCCCCC(C)CC)COP(=O)(O)OC[C@@H](O)COP(=O)(O)OC[C@@H](COC(=O)CCCCCCC)OC(=O)CCCCCCCCCCCC. The Balaban J connectivity index is 5.16. The Bertz CT molecular complexity index is 1590. The van der Waals surface area contributed by atoms with Crippen LogP contribution in [0.3, 0.4) is 0 Å². The molecule has 0 amide bonds. The van der Waals surface area contributed by atoms with Crippen molar-refractivity contribution in [1.29, 1.82) is 0 Å². The second-order valence-electron chi connectivity index (χ2n) is 22.7. The van der Waals surface area contributed by atoms with Gasteiger partial charge in [-0.25, -0.2) is 9.13 Å². The Hall–Kier alpha value is -1.94. The molecule has 0 radical (unpaired) electrons. The van der Waals surface area contributed by atoms with Gasteiger partial charge in [0.25, 0.3) is 0 Å². The quantitative estimate of drug-likeness (QED) is 0.0222. The van der Waals surface area contributed by atoms with Gasteiger partial charge >= 0.3 is 39.5 Å². The number of hydrogen-bond acceptors (Lipinski definition) is 15. The fourth-order valence-corrected chi connectivity index (χ4v) is 10.8. The second kappa shape index (κ2) is 55.9. The van der Waals surface area contributed by atoms with Crippen LogP contribution in [0.2, 0.25) is 0 Å². The van der Waals surface area contributed by atoms with Gasteiger partial charge in [-0.05, 0) is 31.6 Å². The average molecular weight is 1200 g/mol. The number of unbranched alkanes of at least 4 members (excludes halogenated alkanes) is 33. The number of carbonyl (C=O) groups is 4. The minimum Gasteiger partial charge on any atom is -0.462 e. The predicted octanol–water partition coefficient (Wildman–Crippen LogP) is 17.0. The van der Waals surface area contributed by atoms with Crippen LogP contribution in [0.1, 0.15) is 311 Å². The zero-order valence-electron chi connectivity index (χ0n) is 51.9. The van der Waals surface area contributed by atoms with Crippen LogP contribution in [-0.2, 0) is 65.4 Å². The van der Waals surface area contributed by atoms with Crippen LogP contribution in [0.4, 0.5) is 0 Å². The molecule has 0 aliphatic rings. The van der Waals surface area contributed by atoms with E-state index in [9.17, 15) is 43.2 Å². The molecule has 0 aromatic rings. The molecule has 3 N–H and O–H groups in total. The molecule has 0 heterocycles. The lowest BCUT2D eigenvalue weighted by molar-refractivity contribution is -0.161. The Labute approximate surface area is 492 Å². The number of aliphatic hydroxyl groups is 1. The van der Waals surface area contributed by atoms with E-state index < -0.39 is 97.5 Å². The van der Waals surface area contributed by atoms with Crippen LogP contribution < -0.4 is 0 Å². The first-order valence-corrected chi connectivity index (χ1v) is 35.7. The molecule has 0 aromatic carbocycles. The minimum atomic E-state index is -4.94. The minimum absolute atomic E-state index is 0.105. The van der Waals surface area contributed by atoms with Gasteiger partial charge < -0.3 is 33.8 Å². The van der Waals surface area contributed by atoms with Crippen molar-refractivity contribution in [3.8, 4) is 0 Å². The topological polar surface area (TPSA) is 237 Å². The lowest BCUT2D eigenvalue weighted by Crippen LogP contribution is -2.30. The molecule has 0 spiro atoms. The standard InChI is InChI=1S/C62H120O17P2/c1-6-10-13-16-18-20-22-23-24-25-26-27-29-31-38-43-48-62(67)79-58(52-73-60(65)46-41-36-33-32-35-39-44-55(5)9-4)54-77-81(70,71)75-50-56(63)49-74-80(68,69)76-53-57(51-72-59(64)45-40-34-15-12-8-3)78-61(66)47-42-37-30-28-21-19-17-14-11-7-2/h55-58,63H,6-54H2,1-5H3,(H,68,69)(H,70,71)/t55?,56-,57+,58+/m0/s1. The van der Waals surface area contributed by atoms with Crippen molar-refractivity contribution in [2.24, 2.45) is 5.92 Å². The fraction of sp³-hybridized carbons (Fsp3) is 0.935. The highest BCUT2D eigenvalue weighted by Gasteiger charge is 2.30. The van der Waals surface area contributed by atoms with Gasteiger partial charge in [-0.1, -0.05) is 259 Å². The molecule has 6 atom stereocenters. The van der Waals surface area contributed by atoms with E-state index >= 15 is 0 Å². The van der Waals surface area contributed by atoms with E-state index in [-0.39, 0.29) is 25.7 Å². The number of phosphoric ester groups is 2. The third-order valence-electron chi connectivity index (χ3n) is 14.6. The van der Waals surface area contributed by atoms with E-state index in [0.717, 1.165) is 109 Å². The second-order valence-corrected chi connectivity index (χ2v) is 25.6. The van der Waals surface area contributed by atoms with E-state index in [0.29, 0.717) is 25.7 Å². The Morgan fingerprint density at radius 1 is 0.346 bits per heavy atom. The molecule has 0 aliphatic carbocycles. The number of rotatable bonds is 62. The van der Waals surface area contributed by atoms with Gasteiger partial charge in [0.2, 0.25) is 0 Å². The molecule has 81 heavy (non-hydrogen) atoms. The summed E-state index contributed by atoms with van der Waals surface area (Å²) in [5, 5.41) is 10.5. The van der Waals surface area contributed by atoms with E-state index in [4.69, 9.17) is 37.0 Å². The van der Waals surface area contributed by atoms with Crippen LogP contribution in [0.25, 0.3) is 0 Å². The number of ether oxygens (including phenoxy) is 4. The highest BCUT2D eigenvalue weighted by Crippen LogP contribution is 2.45. The molecule has 0 aromatic heterocycles. The molecule has 0 rings (SSSR count). The summed E-state index contributed by atoms with van der Waals surface area (Å²) in [6.45, 7) is 7.05. The third-order valence-corrected chi connectivity index (χ3v) is 16.5. The summed E-state index contributed by atoms with van der Waals surface area (Å²) in [6, 6.07) is 0. The molecule has 0 saturated carbocycles. The fourth-order valence-electron chi connectivity index (χ4n) is 9.20. The summed E-state index contributed by atoms with van der Waals surface area (Å²) < 4.78 is 67.7. The van der Waals surface area contributed by atoms with Crippen LogP contribution in [-0.4, -0.2) is 96.7 Å². The Kier molecular flexibility index (Phi) is 54.6. The van der Waals surface area contributed by atoms with E-state index in [1.165, 1.54) is 122 Å². The summed E-state index contributed by atoms with van der Waals surface area (Å²) >= 11 is 0. The van der Waals surface area contributed by atoms with Gasteiger partial charge in [0, 0.05) is 25.7 Å². The average Bonchev–Trinajstić information content (AvgIpc) is 3.44. The van der Waals surface area contributed by atoms with Crippen molar-refractivity contribution >= 4 is 39.5 Å². The summed E-state index contributed by atoms with van der Waals surface area (Å²) in [7, 11) is -9.87. The van der Waals surface area contributed by atoms with Crippen molar-refractivity contribution in [3.63, 3.8) is 0 Å². The number of esters is 4. The largest absolute Gasteiger partial charge is 0.472 e. The van der Waals surface area contributed by atoms with Gasteiger partial charge in [0.1, 0.15) is 19.3 Å². The van der Waals surface area contributed by atoms with E-state index in [2.05, 4.69) is 34.6 Å². The lowest BCUT2D eigenvalue weighted by atomic mass is 10.00. The molecule has 17 nitrogen and oxygen atoms in total. The number of aliphatic hydroxyl groups excluding tert-OH is 1. The molecular weight excluding hydrogens is 1080 g/mol. The van der Waals surface area contributed by atoms with Gasteiger partial charge in [-0.2, -0.15) is 0 Å². The summed E-state index contributed by atoms with van der Waals surface area (Å²) in [5.74, 6) is -1.42. The van der Waals surface area contributed by atoms with Crippen LogP contribution in [0, 0.1) is 5.92 Å². The number of hydrogen-bond donors (Lipinski definition) is 3. The molecule has 0 bridgehead atoms. The first kappa shape index (κ1) is 79.1. The van der Waals surface area contributed by atoms with Crippen molar-refractivity contribution in [3.05, 3.63) is 0 Å². The monoisotopic (exact) mass is 1200 g/mol. The zero-order chi connectivity index (χ0) is 59.9. The summed E-state index contributed by atoms with van der Waals surface area (Å²) in [4.78, 5) is 71.8. The molecular formula is C62H120O17P2. The van der Waals surface area contributed by atoms with Gasteiger partial charge in [-0.3, -0.25) is 37.3 Å². The molecule has 19 heteroatoms. The summed E-state index contributed by atoms with van der Waals surface area (Å²) in [6.07, 6.45) is 39.3. The molecule has 480 valence electrons. The van der Waals surface area contributed by atoms with Crippen molar-refractivity contribution in [2.45, 2.75) is 329 Å². The Morgan fingerprint density at radius 3 is 0.877 bits per heavy atom. The van der Waals surface area contributed by atoms with E-state index in [1.54, 1.807) is 0 Å². The highest BCUT2D eigenvalue weighted by atomic mass is 31.2. The lowest BCUT2D eigenvalue weighted by Gasteiger charge is -2.21. The maximum Gasteiger partial charge on any atom is 0.472 e. The molecule has 0 fully saturated rings. The molecule has 3 unspecified atom stereocenters. The smallest absolute Gasteiger partial charge is 0.462 e. The third kappa shape index (κ3) is 55.7. The Morgan fingerprint density at radius 2 is 0.593 bits per heavy atom. The van der Waals surface area contributed by atoms with Crippen LogP contribution in [0.15, 0.2) is 0 Å². The normalized spacial score (nSPS) is 14.6. The van der Waals surface area contributed by atoms with Gasteiger partial charge in [-0.15, -0.1) is 0 Å². The maximum absolute atomic E-state index is 12.9. The molecule has 0 saturated heterocycles. The van der Waals surface area contributed by atoms with Gasteiger partial charge in [0.15, 0.2) is 12.2 Å². The summed E-state index contributed by atoms with van der Waals surface area (Å²) in [5.41, 5.74) is 0. The van der Waals surface area contributed by atoms with Crippen molar-refractivity contribution < 1.29 is 80.2 Å². The predicted molar refractivity (Wildman–Crippen MR) is 322 cm³/mol. The zero-order valence-corrected chi connectivity index (χ0v) is 53.7. The number of carbonyl (C=O) groups excluding carboxylic acids is 4. The van der Waals surface area contributed by atoms with Gasteiger partial charge in [0.05, 0.1) is 26.4 Å². The number of phosphoric acid groups is 2. The first-order chi connectivity index (χ1) is 39.1. The molecule has 0 aliphatic heterocycles. The van der Waals surface area contributed by atoms with Crippen molar-refractivity contribution in [1.82, 2.24) is 0 Å². The highest BCUT2D eigenvalue weighted by molar-refractivity contribution is 7.47. The van der Waals surface area contributed by atoms with Crippen molar-refractivity contribution in [2.75, 3.05) is 39.6 Å². The van der Waals surface area contributed by atoms with Crippen LogP contribution >= 0.6 is 15.6 Å². The van der Waals surface area contributed by atoms with E-state index in [1.807, 2.05) is 0 Å². The maximum atomic E-state index is 12.9. The van der Waals surface area contributed by atoms with Crippen LogP contribution in [0.5, 0.6) is 0 Å². The first-order valence-electron chi connectivity index (χ1n) is 32.7.